The minimum Gasteiger partial charge on any atom is -0.383 e. The van der Waals surface area contributed by atoms with Crippen molar-refractivity contribution >= 4 is 46.4 Å². The summed E-state index contributed by atoms with van der Waals surface area (Å²) in [6.45, 7) is 1.84. The van der Waals surface area contributed by atoms with Crippen LogP contribution in [0, 0.1) is 0 Å². The molecular formula is C15H17Cl2F3N4O. The average molecular weight is 397 g/mol. The molecule has 0 fully saturated rings. The number of alkyl halides is 3. The van der Waals surface area contributed by atoms with Gasteiger partial charge in [-0.2, -0.15) is 13.2 Å². The van der Waals surface area contributed by atoms with Crippen LogP contribution in [0.4, 0.5) is 18.9 Å². The van der Waals surface area contributed by atoms with E-state index in [4.69, 9.17) is 17.3 Å². The van der Waals surface area contributed by atoms with Crippen LogP contribution in [0.15, 0.2) is 24.4 Å². The van der Waals surface area contributed by atoms with Gasteiger partial charge in [0.05, 0.1) is 16.8 Å². The Morgan fingerprint density at radius 2 is 1.96 bits per heavy atom. The topological polar surface area (TPSA) is 80.0 Å². The van der Waals surface area contributed by atoms with Crippen molar-refractivity contribution in [1.82, 2.24) is 10.3 Å². The molecule has 10 heteroatoms. The number of pyridine rings is 1. The van der Waals surface area contributed by atoms with Crippen LogP contribution < -0.4 is 16.4 Å². The second-order valence-electron chi connectivity index (χ2n) is 5.00. The largest absolute Gasteiger partial charge is 0.455 e. The predicted molar refractivity (Wildman–Crippen MR) is 94.8 cm³/mol. The Bertz CT molecular complexity index is 741. The van der Waals surface area contributed by atoms with Crippen molar-refractivity contribution in [3.05, 3.63) is 35.0 Å². The fourth-order valence-electron chi connectivity index (χ4n) is 2.18. The maximum atomic E-state index is 12.8. The molecule has 0 amide bonds. The van der Waals surface area contributed by atoms with Gasteiger partial charge in [0.25, 0.3) is 5.78 Å². The average Bonchev–Trinajstić information content (AvgIpc) is 2.52. The summed E-state index contributed by atoms with van der Waals surface area (Å²) >= 11 is 5.88. The lowest BCUT2D eigenvalue weighted by Crippen LogP contribution is -2.28. The Labute approximate surface area is 153 Å². The summed E-state index contributed by atoms with van der Waals surface area (Å²) in [5.74, 6) is -1.94. The SMILES string of the molecule is Cl.NCCNCCNc1c(C(=O)C(F)(F)F)cnc2cc(Cl)ccc12. The molecule has 0 aliphatic rings. The number of carbonyl (C=O) groups is 1. The van der Waals surface area contributed by atoms with Crippen LogP contribution in [0.3, 0.4) is 0 Å². The molecule has 0 saturated carbocycles. The van der Waals surface area contributed by atoms with Gasteiger partial charge in [-0.25, -0.2) is 0 Å². The minimum atomic E-state index is -4.98. The Kier molecular flexibility index (Phi) is 7.88. The number of aromatic nitrogens is 1. The monoisotopic (exact) mass is 396 g/mol. The van der Waals surface area contributed by atoms with Gasteiger partial charge in [-0.1, -0.05) is 11.6 Å². The second-order valence-corrected chi connectivity index (χ2v) is 5.44. The number of nitrogens with one attached hydrogen (secondary N) is 2. The summed E-state index contributed by atoms with van der Waals surface area (Å²) in [5, 5.41) is 6.69. The lowest BCUT2D eigenvalue weighted by molar-refractivity contribution is -0.0884. The maximum absolute atomic E-state index is 12.8. The van der Waals surface area contributed by atoms with E-state index in [-0.39, 0.29) is 18.1 Å². The van der Waals surface area contributed by atoms with E-state index in [9.17, 15) is 18.0 Å². The third-order valence-corrected chi connectivity index (χ3v) is 3.49. The molecule has 1 aromatic heterocycles. The second kappa shape index (κ2) is 9.19. The molecule has 5 nitrogen and oxygen atoms in total. The molecule has 138 valence electrons. The Balaban J connectivity index is 0.00000312. The van der Waals surface area contributed by atoms with Crippen molar-refractivity contribution in [2.45, 2.75) is 6.18 Å². The number of Topliss-reactive ketones (excluding diaryl/α,β-unsaturated/α-hetero) is 1. The highest BCUT2D eigenvalue weighted by Gasteiger charge is 2.41. The molecule has 0 spiro atoms. The Morgan fingerprint density at radius 3 is 2.60 bits per heavy atom. The van der Waals surface area contributed by atoms with Crippen LogP contribution in [0.5, 0.6) is 0 Å². The molecular weight excluding hydrogens is 380 g/mol. The first kappa shape index (κ1) is 21.4. The van der Waals surface area contributed by atoms with Gasteiger partial charge in [0.2, 0.25) is 0 Å². The van der Waals surface area contributed by atoms with Gasteiger partial charge < -0.3 is 16.4 Å². The molecule has 2 aromatic rings. The Hall–Kier alpha value is -1.61. The maximum Gasteiger partial charge on any atom is 0.455 e. The third-order valence-electron chi connectivity index (χ3n) is 3.26. The number of rotatable bonds is 7. The quantitative estimate of drug-likeness (QED) is 0.495. The molecule has 4 N–H and O–H groups in total. The predicted octanol–water partition coefficient (Wildman–Crippen LogP) is 3.02. The lowest BCUT2D eigenvalue weighted by Gasteiger charge is -2.15. The van der Waals surface area contributed by atoms with Gasteiger partial charge in [0.15, 0.2) is 0 Å². The van der Waals surface area contributed by atoms with E-state index in [1.807, 2.05) is 0 Å². The number of ketones is 1. The first-order valence-electron chi connectivity index (χ1n) is 7.19. The normalized spacial score (nSPS) is 11.2. The zero-order chi connectivity index (χ0) is 17.7. The fourth-order valence-corrected chi connectivity index (χ4v) is 2.35. The van der Waals surface area contributed by atoms with E-state index in [1.54, 1.807) is 0 Å². The molecule has 0 unspecified atom stereocenters. The smallest absolute Gasteiger partial charge is 0.383 e. The summed E-state index contributed by atoms with van der Waals surface area (Å²) < 4.78 is 38.4. The molecule has 0 aliphatic heterocycles. The first-order chi connectivity index (χ1) is 11.3. The zero-order valence-electron chi connectivity index (χ0n) is 13.0. The minimum absolute atomic E-state index is 0. The van der Waals surface area contributed by atoms with Crippen LogP contribution in [0.25, 0.3) is 10.9 Å². The summed E-state index contributed by atoms with van der Waals surface area (Å²) in [5.41, 5.74) is 5.32. The van der Waals surface area contributed by atoms with Crippen LogP contribution in [-0.2, 0) is 0 Å². The van der Waals surface area contributed by atoms with Crippen molar-refractivity contribution in [1.29, 1.82) is 0 Å². The van der Waals surface area contributed by atoms with Gasteiger partial charge in [0.1, 0.15) is 0 Å². The lowest BCUT2D eigenvalue weighted by atomic mass is 10.1. The number of anilines is 1. The van der Waals surface area contributed by atoms with Gasteiger partial charge in [0, 0.05) is 42.8 Å². The van der Waals surface area contributed by atoms with Crippen molar-refractivity contribution in [3.63, 3.8) is 0 Å². The highest BCUT2D eigenvalue weighted by Crippen LogP contribution is 2.32. The van der Waals surface area contributed by atoms with Crippen LogP contribution >= 0.6 is 24.0 Å². The molecule has 0 aliphatic carbocycles. The van der Waals surface area contributed by atoms with Crippen LogP contribution in [0.2, 0.25) is 5.02 Å². The molecule has 0 bridgehead atoms. The molecule has 0 atom stereocenters. The number of hydrogen-bond acceptors (Lipinski definition) is 5. The van der Waals surface area contributed by atoms with E-state index in [0.717, 1.165) is 6.20 Å². The fraction of sp³-hybridized carbons (Fsp3) is 0.333. The van der Waals surface area contributed by atoms with Crippen LogP contribution in [0.1, 0.15) is 10.4 Å². The van der Waals surface area contributed by atoms with Crippen molar-refractivity contribution < 1.29 is 18.0 Å². The van der Waals surface area contributed by atoms with Gasteiger partial charge in [-0.3, -0.25) is 9.78 Å². The van der Waals surface area contributed by atoms with E-state index in [1.165, 1.54) is 18.2 Å². The van der Waals surface area contributed by atoms with Crippen LogP contribution in [-0.4, -0.2) is 43.1 Å². The zero-order valence-corrected chi connectivity index (χ0v) is 14.6. The molecule has 2 rings (SSSR count). The number of halogens is 5. The first-order valence-corrected chi connectivity index (χ1v) is 7.57. The van der Waals surface area contributed by atoms with Gasteiger partial charge in [-0.05, 0) is 18.2 Å². The Morgan fingerprint density at radius 1 is 1.24 bits per heavy atom. The highest BCUT2D eigenvalue weighted by molar-refractivity contribution is 6.31. The molecule has 1 aromatic carbocycles. The summed E-state index contributed by atoms with van der Waals surface area (Å²) in [4.78, 5) is 15.6. The summed E-state index contributed by atoms with van der Waals surface area (Å²) in [6, 6.07) is 4.59. The number of carbonyl (C=O) groups excluding carboxylic acids is 1. The molecule has 25 heavy (non-hydrogen) atoms. The number of nitrogens with two attached hydrogens (primary N) is 1. The number of nitrogens with zero attached hydrogens (tertiary/aromatic N) is 1. The van der Waals surface area contributed by atoms with Crippen molar-refractivity contribution in [2.75, 3.05) is 31.5 Å². The van der Waals surface area contributed by atoms with E-state index in [0.29, 0.717) is 42.1 Å². The molecule has 0 radical (unpaired) electrons. The number of hydrogen-bond donors (Lipinski definition) is 3. The van der Waals surface area contributed by atoms with Crippen molar-refractivity contribution in [2.24, 2.45) is 5.73 Å². The number of fused-ring (bicyclic) bond motifs is 1. The van der Waals surface area contributed by atoms with Crippen molar-refractivity contribution in [3.8, 4) is 0 Å². The summed E-state index contributed by atoms with van der Waals surface area (Å²) in [7, 11) is 0. The number of benzene rings is 1. The summed E-state index contributed by atoms with van der Waals surface area (Å²) in [6.07, 6.45) is -4.06. The van der Waals surface area contributed by atoms with Gasteiger partial charge in [-0.15, -0.1) is 12.4 Å². The molecule has 0 saturated heterocycles. The van der Waals surface area contributed by atoms with E-state index in [2.05, 4.69) is 15.6 Å². The van der Waals surface area contributed by atoms with E-state index >= 15 is 0 Å². The molecule has 1 heterocycles. The standard InChI is InChI=1S/C15H16ClF3N4O.ClH/c16-9-1-2-10-12(7-9)23-8-11(14(24)15(17,18)19)13(10)22-6-5-21-4-3-20;/h1-2,7-8,21H,3-6,20H2,(H,22,23);1H. The van der Waals surface area contributed by atoms with E-state index < -0.39 is 17.5 Å². The highest BCUT2D eigenvalue weighted by atomic mass is 35.5. The van der Waals surface area contributed by atoms with Gasteiger partial charge >= 0.3 is 6.18 Å². The third kappa shape index (κ3) is 5.43.